The van der Waals surface area contributed by atoms with Gasteiger partial charge < -0.3 is 4.67 Å². The van der Waals surface area contributed by atoms with Crippen LogP contribution in [-0.2, 0) is 0 Å². The summed E-state index contributed by atoms with van der Waals surface area (Å²) in [5.74, 6) is 2.10. The molecular weight excluding hydrogens is 176 g/mol. The van der Waals surface area contributed by atoms with Crippen molar-refractivity contribution in [3.05, 3.63) is 34.7 Å². The topological polar surface area (TPSA) is 3.24 Å². The second-order valence-electron chi connectivity index (χ2n) is 2.98. The Kier molecular flexibility index (Phi) is 3.80. The Morgan fingerprint density at radius 3 is 2.85 bits per heavy atom. The van der Waals surface area contributed by atoms with Crippen LogP contribution in [0.1, 0.15) is 20.8 Å². The number of likely N-dealkylation sites (N-methyl/N-ethyl adjacent to an activating group) is 1. The number of nitrogens with zero attached hydrogens (tertiary/aromatic N) is 1. The molecule has 1 rings (SSSR count). The molecular formula is C10H15BNP. The smallest absolute Gasteiger partial charge is 0.114 e. The molecule has 0 aromatic heterocycles. The largest absolute Gasteiger partial charge is 0.350 e. The number of allylic oxidation sites excluding steroid dienone is 4. The normalized spacial score (nSPS) is 20.2. The van der Waals surface area contributed by atoms with Gasteiger partial charge in [-0.2, -0.15) is 0 Å². The Balaban J connectivity index is 3.01. The van der Waals surface area contributed by atoms with Crippen LogP contribution in [0, 0.1) is 0 Å². The molecule has 68 valence electrons. The molecule has 1 aliphatic rings. The Morgan fingerprint density at radius 2 is 2.31 bits per heavy atom. The lowest BCUT2D eigenvalue weighted by atomic mass is 9.89. The van der Waals surface area contributed by atoms with Crippen LogP contribution in [0.25, 0.3) is 0 Å². The number of hydrogen-bond donors (Lipinski definition) is 0. The van der Waals surface area contributed by atoms with E-state index in [4.69, 9.17) is 7.85 Å². The summed E-state index contributed by atoms with van der Waals surface area (Å²) in [4.78, 5) is 0. The van der Waals surface area contributed by atoms with E-state index in [9.17, 15) is 0 Å². The van der Waals surface area contributed by atoms with Crippen LogP contribution in [0.4, 0.5) is 0 Å². The average Bonchev–Trinajstić information content (AvgIpc) is 2.14. The molecule has 0 aromatic rings. The van der Waals surface area contributed by atoms with E-state index in [2.05, 4.69) is 36.5 Å². The second-order valence-corrected chi connectivity index (χ2v) is 4.07. The van der Waals surface area contributed by atoms with Gasteiger partial charge in [-0.1, -0.05) is 17.4 Å². The van der Waals surface area contributed by atoms with Crippen LogP contribution in [-0.4, -0.2) is 19.1 Å². The third-order valence-electron chi connectivity index (χ3n) is 2.12. The molecule has 1 atom stereocenters. The predicted molar refractivity (Wildman–Crippen MR) is 62.0 cm³/mol. The number of hydrogen-bond acceptors (Lipinski definition) is 1. The average molecular weight is 191 g/mol. The molecule has 1 aliphatic heterocycles. The molecule has 0 amide bonds. The van der Waals surface area contributed by atoms with Gasteiger partial charge in [0.05, 0.1) is 0 Å². The lowest BCUT2D eigenvalue weighted by molar-refractivity contribution is 0.609. The van der Waals surface area contributed by atoms with E-state index in [-0.39, 0.29) is 0 Å². The molecule has 0 saturated heterocycles. The summed E-state index contributed by atoms with van der Waals surface area (Å²) in [5, 5.41) is 0. The van der Waals surface area contributed by atoms with Gasteiger partial charge in [0.1, 0.15) is 7.85 Å². The fourth-order valence-electron chi connectivity index (χ4n) is 1.31. The van der Waals surface area contributed by atoms with Crippen LogP contribution < -0.4 is 0 Å². The van der Waals surface area contributed by atoms with Crippen molar-refractivity contribution in [2.45, 2.75) is 20.8 Å². The summed E-state index contributed by atoms with van der Waals surface area (Å²) < 4.78 is 2.34. The van der Waals surface area contributed by atoms with Crippen molar-refractivity contribution in [1.82, 2.24) is 4.67 Å². The zero-order valence-electron chi connectivity index (χ0n) is 8.46. The lowest BCUT2D eigenvalue weighted by Crippen LogP contribution is -2.15. The minimum absolute atomic E-state index is 0.686. The van der Waals surface area contributed by atoms with Gasteiger partial charge in [0.2, 0.25) is 0 Å². The Bertz CT molecular complexity index is 279. The summed E-state index contributed by atoms with van der Waals surface area (Å²) >= 11 is 0. The van der Waals surface area contributed by atoms with Crippen LogP contribution in [0.5, 0.6) is 0 Å². The quantitative estimate of drug-likeness (QED) is 0.479. The minimum atomic E-state index is 0.686. The Hall–Kier alpha value is -0.485. The van der Waals surface area contributed by atoms with E-state index in [0.29, 0.717) is 8.73 Å². The van der Waals surface area contributed by atoms with E-state index in [1.165, 1.54) is 11.3 Å². The van der Waals surface area contributed by atoms with Gasteiger partial charge in [-0.25, -0.2) is 0 Å². The molecule has 0 saturated carbocycles. The maximum atomic E-state index is 5.87. The van der Waals surface area contributed by atoms with E-state index >= 15 is 0 Å². The molecule has 1 heterocycles. The summed E-state index contributed by atoms with van der Waals surface area (Å²) in [5.41, 5.74) is 3.39. The first-order valence-corrected chi connectivity index (χ1v) is 5.56. The Labute approximate surface area is 83.8 Å². The van der Waals surface area contributed by atoms with Crippen LogP contribution >= 0.6 is 8.73 Å². The highest BCUT2D eigenvalue weighted by atomic mass is 31.1. The molecule has 1 nitrogen and oxygen atoms in total. The molecule has 13 heavy (non-hydrogen) atoms. The Morgan fingerprint density at radius 1 is 1.62 bits per heavy atom. The van der Waals surface area contributed by atoms with Crippen molar-refractivity contribution >= 4 is 16.6 Å². The highest BCUT2D eigenvalue weighted by Gasteiger charge is 2.12. The molecule has 0 bridgehead atoms. The third kappa shape index (κ3) is 2.25. The first kappa shape index (κ1) is 10.6. The van der Waals surface area contributed by atoms with Crippen molar-refractivity contribution in [2.75, 3.05) is 6.54 Å². The van der Waals surface area contributed by atoms with Gasteiger partial charge in [-0.3, -0.25) is 0 Å². The van der Waals surface area contributed by atoms with Crippen LogP contribution in [0.15, 0.2) is 34.7 Å². The fourth-order valence-corrected chi connectivity index (χ4v) is 2.39. The van der Waals surface area contributed by atoms with E-state index in [1.54, 1.807) is 0 Å². The van der Waals surface area contributed by atoms with Gasteiger partial charge in [0.25, 0.3) is 0 Å². The summed E-state index contributed by atoms with van der Waals surface area (Å²) in [6.45, 7) is 7.32. The van der Waals surface area contributed by atoms with Crippen molar-refractivity contribution in [1.29, 1.82) is 0 Å². The van der Waals surface area contributed by atoms with Gasteiger partial charge in [0.15, 0.2) is 0 Å². The monoisotopic (exact) mass is 191 g/mol. The highest BCUT2D eigenvalue weighted by molar-refractivity contribution is 7.39. The zero-order chi connectivity index (χ0) is 9.84. The van der Waals surface area contributed by atoms with Gasteiger partial charge >= 0.3 is 0 Å². The standard InChI is InChI=1S/C10H15BNP/c1-4-6-10-8(3)9(11)7-13-12(10)5-2/h4,6-7,13H,5H2,1-3H3/b6-4-. The molecule has 0 spiro atoms. The molecule has 1 unspecified atom stereocenters. The van der Waals surface area contributed by atoms with Crippen molar-refractivity contribution in [3.63, 3.8) is 0 Å². The van der Waals surface area contributed by atoms with Gasteiger partial charge in [0, 0.05) is 12.2 Å². The maximum Gasteiger partial charge on any atom is 0.114 e. The maximum absolute atomic E-state index is 5.87. The summed E-state index contributed by atoms with van der Waals surface area (Å²) in [7, 11) is 6.55. The van der Waals surface area contributed by atoms with Gasteiger partial charge in [-0.15, -0.1) is 0 Å². The van der Waals surface area contributed by atoms with Crippen molar-refractivity contribution in [2.24, 2.45) is 0 Å². The minimum Gasteiger partial charge on any atom is -0.350 e. The molecule has 0 N–H and O–H groups in total. The fraction of sp³-hybridized carbons (Fsp3) is 0.400. The van der Waals surface area contributed by atoms with Crippen LogP contribution in [0.2, 0.25) is 0 Å². The first-order chi connectivity index (χ1) is 6.20. The van der Waals surface area contributed by atoms with E-state index < -0.39 is 0 Å². The predicted octanol–water partition coefficient (Wildman–Crippen LogP) is 2.78. The molecule has 2 radical (unpaired) electrons. The third-order valence-corrected chi connectivity index (χ3v) is 3.43. The summed E-state index contributed by atoms with van der Waals surface area (Å²) in [6, 6.07) is 0. The van der Waals surface area contributed by atoms with E-state index in [0.717, 1.165) is 12.0 Å². The SMILES string of the molecule is [B]C1=CPN(CC)C(/C=C\C)=C1C. The van der Waals surface area contributed by atoms with Crippen molar-refractivity contribution in [3.8, 4) is 0 Å². The first-order valence-electron chi connectivity index (χ1n) is 4.54. The molecule has 3 heteroatoms. The highest BCUT2D eigenvalue weighted by Crippen LogP contribution is 2.35. The molecule has 0 fully saturated rings. The second kappa shape index (κ2) is 4.67. The number of rotatable bonds is 2. The zero-order valence-corrected chi connectivity index (χ0v) is 9.46. The van der Waals surface area contributed by atoms with Crippen LogP contribution in [0.3, 0.4) is 0 Å². The molecule has 0 aromatic carbocycles. The summed E-state index contributed by atoms with van der Waals surface area (Å²) in [6.07, 6.45) is 4.19. The van der Waals surface area contributed by atoms with Gasteiger partial charge in [-0.05, 0) is 41.2 Å². The lowest BCUT2D eigenvalue weighted by Gasteiger charge is -2.29. The van der Waals surface area contributed by atoms with Crippen molar-refractivity contribution < 1.29 is 0 Å². The molecule has 0 aliphatic carbocycles. The van der Waals surface area contributed by atoms with E-state index in [1.807, 2.05) is 6.92 Å².